The number of carbonyl (C=O) groups is 1. The molecule has 4 rings (SSSR count). The molecule has 1 N–H and O–H groups in total. The zero-order valence-corrected chi connectivity index (χ0v) is 20.6. The van der Waals surface area contributed by atoms with Crippen LogP contribution in [0.5, 0.6) is 0 Å². The van der Waals surface area contributed by atoms with Crippen LogP contribution in [0, 0.1) is 5.92 Å². The SMILES string of the molecule is CC(C)n1nnc2cc(S(=O)(=O)N3CCC[C@@H](C(=O)NCCN4CCN(C)CC4)C3)ccc21. The molecule has 1 aromatic carbocycles. The van der Waals surface area contributed by atoms with Crippen molar-refractivity contribution in [1.82, 2.24) is 34.4 Å². The second kappa shape index (κ2) is 10.0. The quantitative estimate of drug-likeness (QED) is 0.628. The van der Waals surface area contributed by atoms with Crippen molar-refractivity contribution in [2.45, 2.75) is 37.6 Å². The van der Waals surface area contributed by atoms with Gasteiger partial charge in [-0.25, -0.2) is 13.1 Å². The monoisotopic (exact) mass is 477 g/mol. The van der Waals surface area contributed by atoms with Gasteiger partial charge >= 0.3 is 0 Å². The number of benzene rings is 1. The Morgan fingerprint density at radius 2 is 1.94 bits per heavy atom. The number of sulfonamides is 1. The molecule has 0 aliphatic carbocycles. The Kier molecular flexibility index (Phi) is 7.32. The van der Waals surface area contributed by atoms with Crippen LogP contribution in [0.15, 0.2) is 23.1 Å². The second-order valence-corrected chi connectivity index (χ2v) is 11.4. The highest BCUT2D eigenvalue weighted by atomic mass is 32.2. The fraction of sp³-hybridized carbons (Fsp3) is 0.682. The summed E-state index contributed by atoms with van der Waals surface area (Å²) in [5, 5.41) is 11.3. The van der Waals surface area contributed by atoms with E-state index in [1.807, 2.05) is 13.8 Å². The number of hydrogen-bond donors (Lipinski definition) is 1. The predicted molar refractivity (Wildman–Crippen MR) is 126 cm³/mol. The number of rotatable bonds is 7. The zero-order chi connectivity index (χ0) is 23.6. The molecular formula is C22H35N7O3S. The molecule has 11 heteroatoms. The topological polar surface area (TPSA) is 104 Å². The van der Waals surface area contributed by atoms with E-state index < -0.39 is 10.0 Å². The lowest BCUT2D eigenvalue weighted by molar-refractivity contribution is -0.126. The van der Waals surface area contributed by atoms with E-state index >= 15 is 0 Å². The van der Waals surface area contributed by atoms with E-state index in [1.54, 1.807) is 22.9 Å². The summed E-state index contributed by atoms with van der Waals surface area (Å²) >= 11 is 0. The van der Waals surface area contributed by atoms with E-state index in [4.69, 9.17) is 0 Å². The minimum atomic E-state index is -3.71. The molecule has 3 heterocycles. The van der Waals surface area contributed by atoms with Crippen LogP contribution in [0.2, 0.25) is 0 Å². The van der Waals surface area contributed by atoms with Crippen LogP contribution in [0.25, 0.3) is 11.0 Å². The molecule has 2 aliphatic heterocycles. The fourth-order valence-electron chi connectivity index (χ4n) is 4.54. The van der Waals surface area contributed by atoms with Crippen LogP contribution < -0.4 is 5.32 Å². The van der Waals surface area contributed by atoms with E-state index in [2.05, 4.69) is 32.5 Å². The lowest BCUT2D eigenvalue weighted by Gasteiger charge is -2.33. The maximum atomic E-state index is 13.3. The summed E-state index contributed by atoms with van der Waals surface area (Å²) in [4.78, 5) is 17.6. The fourth-order valence-corrected chi connectivity index (χ4v) is 6.08. The summed E-state index contributed by atoms with van der Waals surface area (Å²) in [5.74, 6) is -0.383. The number of likely N-dealkylation sites (N-methyl/N-ethyl adjacent to an activating group) is 1. The largest absolute Gasteiger partial charge is 0.355 e. The number of nitrogens with zero attached hydrogens (tertiary/aromatic N) is 6. The molecule has 1 atom stereocenters. The van der Waals surface area contributed by atoms with Gasteiger partial charge < -0.3 is 10.2 Å². The van der Waals surface area contributed by atoms with Crippen molar-refractivity contribution in [2.75, 3.05) is 59.4 Å². The predicted octanol–water partition coefficient (Wildman–Crippen LogP) is 0.777. The van der Waals surface area contributed by atoms with Crippen LogP contribution in [0.4, 0.5) is 0 Å². The number of nitrogens with one attached hydrogen (secondary N) is 1. The van der Waals surface area contributed by atoms with Crippen LogP contribution in [-0.2, 0) is 14.8 Å². The Balaban J connectivity index is 1.37. The Morgan fingerprint density at radius 1 is 1.18 bits per heavy atom. The van der Waals surface area contributed by atoms with Crippen molar-refractivity contribution in [3.8, 4) is 0 Å². The molecule has 33 heavy (non-hydrogen) atoms. The van der Waals surface area contributed by atoms with Crippen LogP contribution >= 0.6 is 0 Å². The molecule has 2 aliphatic rings. The third-order valence-corrected chi connectivity index (χ3v) is 8.51. The van der Waals surface area contributed by atoms with Crippen LogP contribution in [0.1, 0.15) is 32.7 Å². The first-order chi connectivity index (χ1) is 15.8. The van der Waals surface area contributed by atoms with E-state index in [1.165, 1.54) is 4.31 Å². The van der Waals surface area contributed by atoms with E-state index in [-0.39, 0.29) is 29.3 Å². The van der Waals surface area contributed by atoms with Gasteiger partial charge in [-0.2, -0.15) is 4.31 Å². The number of piperazine rings is 1. The number of aromatic nitrogens is 3. The van der Waals surface area contributed by atoms with Gasteiger partial charge in [0.2, 0.25) is 15.9 Å². The Labute approximate surface area is 195 Å². The molecule has 0 bridgehead atoms. The Bertz CT molecular complexity index is 1080. The maximum Gasteiger partial charge on any atom is 0.243 e. The van der Waals surface area contributed by atoms with Gasteiger partial charge in [0, 0.05) is 58.4 Å². The van der Waals surface area contributed by atoms with Crippen molar-refractivity contribution >= 4 is 27.0 Å². The van der Waals surface area contributed by atoms with Gasteiger partial charge in [0.05, 0.1) is 16.3 Å². The first kappa shape index (κ1) is 24.1. The number of fused-ring (bicyclic) bond motifs is 1. The van der Waals surface area contributed by atoms with Gasteiger partial charge in [-0.15, -0.1) is 5.10 Å². The standard InChI is InChI=1S/C22H35N7O3S/c1-17(2)29-21-7-6-19(15-20(21)24-25-29)33(31,32)28-9-4-5-18(16-28)22(30)23-8-10-27-13-11-26(3)12-14-27/h6-7,15,17-18H,4-5,8-14,16H2,1-3H3,(H,23,30)/t18-/m1/s1. The summed E-state index contributed by atoms with van der Waals surface area (Å²) in [5.41, 5.74) is 1.36. The lowest BCUT2D eigenvalue weighted by Crippen LogP contribution is -2.49. The van der Waals surface area contributed by atoms with E-state index in [0.717, 1.165) is 38.2 Å². The van der Waals surface area contributed by atoms with Gasteiger partial charge in [0.25, 0.3) is 0 Å². The summed E-state index contributed by atoms with van der Waals surface area (Å²) in [6.07, 6.45) is 1.37. The Morgan fingerprint density at radius 3 is 2.67 bits per heavy atom. The lowest BCUT2D eigenvalue weighted by atomic mass is 9.99. The molecule has 1 amide bonds. The normalized spacial score (nSPS) is 21.6. The smallest absolute Gasteiger partial charge is 0.243 e. The first-order valence-electron chi connectivity index (χ1n) is 11.8. The van der Waals surface area contributed by atoms with Gasteiger partial charge in [0.1, 0.15) is 5.52 Å². The van der Waals surface area contributed by atoms with E-state index in [9.17, 15) is 13.2 Å². The highest BCUT2D eigenvalue weighted by molar-refractivity contribution is 7.89. The number of carbonyl (C=O) groups excluding carboxylic acids is 1. The number of amides is 1. The molecule has 2 aromatic rings. The summed E-state index contributed by atoms with van der Waals surface area (Å²) < 4.78 is 29.8. The minimum absolute atomic E-state index is 0.0562. The van der Waals surface area contributed by atoms with Gasteiger partial charge in [-0.1, -0.05) is 5.21 Å². The molecule has 2 saturated heterocycles. The van der Waals surface area contributed by atoms with Gasteiger partial charge in [-0.05, 0) is 51.9 Å². The zero-order valence-electron chi connectivity index (χ0n) is 19.8. The molecule has 2 fully saturated rings. The van der Waals surface area contributed by atoms with Crippen molar-refractivity contribution in [2.24, 2.45) is 5.92 Å². The minimum Gasteiger partial charge on any atom is -0.355 e. The number of hydrogen-bond acceptors (Lipinski definition) is 7. The third kappa shape index (κ3) is 5.37. The molecular weight excluding hydrogens is 442 g/mol. The maximum absolute atomic E-state index is 13.3. The van der Waals surface area contributed by atoms with Crippen LogP contribution in [0.3, 0.4) is 0 Å². The first-order valence-corrected chi connectivity index (χ1v) is 13.2. The average molecular weight is 478 g/mol. The van der Waals surface area contributed by atoms with Gasteiger partial charge in [-0.3, -0.25) is 9.69 Å². The molecule has 0 saturated carbocycles. The average Bonchev–Trinajstić information content (AvgIpc) is 3.24. The summed E-state index contributed by atoms with van der Waals surface area (Å²) in [6, 6.07) is 5.08. The molecule has 10 nitrogen and oxygen atoms in total. The molecule has 0 unspecified atom stereocenters. The van der Waals surface area contributed by atoms with Crippen molar-refractivity contribution < 1.29 is 13.2 Å². The summed E-state index contributed by atoms with van der Waals surface area (Å²) in [6.45, 7) is 10.2. The van der Waals surface area contributed by atoms with Gasteiger partial charge in [0.15, 0.2) is 0 Å². The second-order valence-electron chi connectivity index (χ2n) is 9.42. The number of piperidine rings is 1. The molecule has 1 aromatic heterocycles. The molecule has 0 radical (unpaired) electrons. The molecule has 182 valence electrons. The highest BCUT2D eigenvalue weighted by Crippen LogP contribution is 2.26. The van der Waals surface area contributed by atoms with Crippen molar-refractivity contribution in [3.63, 3.8) is 0 Å². The summed E-state index contributed by atoms with van der Waals surface area (Å²) in [7, 11) is -1.59. The van der Waals surface area contributed by atoms with Crippen LogP contribution in [-0.4, -0.2) is 103 Å². The Hall–Kier alpha value is -2.08. The third-order valence-electron chi connectivity index (χ3n) is 6.65. The van der Waals surface area contributed by atoms with Crippen molar-refractivity contribution in [1.29, 1.82) is 0 Å². The molecule has 0 spiro atoms. The highest BCUT2D eigenvalue weighted by Gasteiger charge is 2.33. The van der Waals surface area contributed by atoms with E-state index in [0.29, 0.717) is 31.4 Å². The van der Waals surface area contributed by atoms with Crippen molar-refractivity contribution in [3.05, 3.63) is 18.2 Å².